The van der Waals surface area contributed by atoms with Crippen LogP contribution in [-0.4, -0.2) is 16.6 Å². The lowest BCUT2D eigenvalue weighted by molar-refractivity contribution is -0.132. The third-order valence-corrected chi connectivity index (χ3v) is 2.48. The van der Waals surface area contributed by atoms with E-state index in [2.05, 4.69) is 27.4 Å². The van der Waals surface area contributed by atoms with Crippen LogP contribution in [0.25, 0.3) is 0 Å². The molecule has 0 aromatic carbocycles. The van der Waals surface area contributed by atoms with E-state index in [1.807, 2.05) is 0 Å². The Labute approximate surface area is 87.0 Å². The van der Waals surface area contributed by atoms with Crippen molar-refractivity contribution in [1.29, 1.82) is 0 Å². The molecule has 0 saturated carbocycles. The molecule has 84 valence electrons. The highest BCUT2D eigenvalue weighted by Gasteiger charge is 2.15. The SMILES string of the molecule is C=C(C)C(=O)O.CCC(N)(CC)CC. The number of hydrogen-bond acceptors (Lipinski definition) is 2. The second-order valence-corrected chi connectivity index (χ2v) is 3.51. The van der Waals surface area contributed by atoms with Gasteiger partial charge in [0.15, 0.2) is 0 Å². The van der Waals surface area contributed by atoms with E-state index in [0.29, 0.717) is 0 Å². The average molecular weight is 201 g/mol. The summed E-state index contributed by atoms with van der Waals surface area (Å²) >= 11 is 0. The fourth-order valence-corrected chi connectivity index (χ4v) is 0.750. The van der Waals surface area contributed by atoms with E-state index in [-0.39, 0.29) is 11.1 Å². The van der Waals surface area contributed by atoms with Gasteiger partial charge in [-0.3, -0.25) is 0 Å². The Morgan fingerprint density at radius 1 is 1.29 bits per heavy atom. The van der Waals surface area contributed by atoms with Gasteiger partial charge < -0.3 is 10.8 Å². The monoisotopic (exact) mass is 201 g/mol. The fourth-order valence-electron chi connectivity index (χ4n) is 0.750. The van der Waals surface area contributed by atoms with Crippen LogP contribution in [-0.2, 0) is 4.79 Å². The molecule has 3 N–H and O–H groups in total. The number of rotatable bonds is 4. The molecule has 0 rings (SSSR count). The van der Waals surface area contributed by atoms with E-state index in [1.165, 1.54) is 6.92 Å². The van der Waals surface area contributed by atoms with Crippen molar-refractivity contribution in [1.82, 2.24) is 0 Å². The summed E-state index contributed by atoms with van der Waals surface area (Å²) in [6.45, 7) is 11.0. The van der Waals surface area contributed by atoms with Crippen molar-refractivity contribution in [3.63, 3.8) is 0 Å². The Kier molecular flexibility index (Phi) is 8.44. The van der Waals surface area contributed by atoms with Gasteiger partial charge in [0.05, 0.1) is 0 Å². The summed E-state index contributed by atoms with van der Waals surface area (Å²) in [5.74, 6) is -0.935. The van der Waals surface area contributed by atoms with Gasteiger partial charge in [-0.15, -0.1) is 0 Å². The van der Waals surface area contributed by atoms with Crippen molar-refractivity contribution in [2.24, 2.45) is 5.73 Å². The van der Waals surface area contributed by atoms with Crippen molar-refractivity contribution in [3.05, 3.63) is 12.2 Å². The normalized spacial score (nSPS) is 10.1. The molecule has 3 heteroatoms. The summed E-state index contributed by atoms with van der Waals surface area (Å²) in [6.07, 6.45) is 3.29. The van der Waals surface area contributed by atoms with E-state index in [1.54, 1.807) is 0 Å². The average Bonchev–Trinajstić information content (AvgIpc) is 2.17. The number of aliphatic carboxylic acids is 1. The zero-order chi connectivity index (χ0) is 11.8. The van der Waals surface area contributed by atoms with Gasteiger partial charge in [-0.25, -0.2) is 4.79 Å². The number of carbonyl (C=O) groups is 1. The predicted octanol–water partition coefficient (Wildman–Crippen LogP) is 2.56. The Bertz CT molecular complexity index is 163. The topological polar surface area (TPSA) is 63.3 Å². The fraction of sp³-hybridized carbons (Fsp3) is 0.727. The first kappa shape index (κ1) is 15.6. The van der Waals surface area contributed by atoms with E-state index < -0.39 is 5.97 Å². The van der Waals surface area contributed by atoms with Gasteiger partial charge in [-0.2, -0.15) is 0 Å². The number of hydrogen-bond donors (Lipinski definition) is 2. The molecular formula is C11H23NO2. The first-order valence-electron chi connectivity index (χ1n) is 5.00. The van der Waals surface area contributed by atoms with Gasteiger partial charge in [0.25, 0.3) is 0 Å². The highest BCUT2D eigenvalue weighted by Crippen LogP contribution is 2.14. The highest BCUT2D eigenvalue weighted by molar-refractivity contribution is 5.84. The molecule has 0 aliphatic rings. The summed E-state index contributed by atoms with van der Waals surface area (Å²) in [5.41, 5.74) is 6.20. The van der Waals surface area contributed by atoms with Gasteiger partial charge in [-0.05, 0) is 26.2 Å². The van der Waals surface area contributed by atoms with Crippen molar-refractivity contribution >= 4 is 5.97 Å². The lowest BCUT2D eigenvalue weighted by Crippen LogP contribution is -2.37. The smallest absolute Gasteiger partial charge is 0.330 e. The van der Waals surface area contributed by atoms with Gasteiger partial charge in [0.2, 0.25) is 0 Å². The van der Waals surface area contributed by atoms with Crippen molar-refractivity contribution in [3.8, 4) is 0 Å². The van der Waals surface area contributed by atoms with E-state index in [9.17, 15) is 4.79 Å². The van der Waals surface area contributed by atoms with Crippen molar-refractivity contribution < 1.29 is 9.90 Å². The zero-order valence-electron chi connectivity index (χ0n) is 9.76. The van der Waals surface area contributed by atoms with Crippen LogP contribution < -0.4 is 5.73 Å². The maximum Gasteiger partial charge on any atom is 0.330 e. The Morgan fingerprint density at radius 3 is 1.50 bits per heavy atom. The molecule has 0 aliphatic heterocycles. The molecule has 0 bridgehead atoms. The van der Waals surface area contributed by atoms with Crippen LogP contribution in [0.1, 0.15) is 47.0 Å². The molecule has 3 nitrogen and oxygen atoms in total. The van der Waals surface area contributed by atoms with Gasteiger partial charge in [0, 0.05) is 11.1 Å². The maximum absolute atomic E-state index is 9.60. The molecule has 0 amide bonds. The van der Waals surface area contributed by atoms with Crippen LogP contribution in [0.15, 0.2) is 12.2 Å². The number of nitrogens with two attached hydrogens (primary N) is 1. The minimum atomic E-state index is -0.935. The minimum absolute atomic E-state index is 0.125. The largest absolute Gasteiger partial charge is 0.478 e. The quantitative estimate of drug-likeness (QED) is 0.687. The lowest BCUT2D eigenvalue weighted by atomic mass is 9.92. The lowest BCUT2D eigenvalue weighted by Gasteiger charge is -2.23. The van der Waals surface area contributed by atoms with Gasteiger partial charge in [-0.1, -0.05) is 27.4 Å². The maximum atomic E-state index is 9.60. The van der Waals surface area contributed by atoms with Crippen LogP contribution in [0, 0.1) is 0 Å². The van der Waals surface area contributed by atoms with Crippen LogP contribution in [0.2, 0.25) is 0 Å². The summed E-state index contributed by atoms with van der Waals surface area (Å²) in [7, 11) is 0. The van der Waals surface area contributed by atoms with Gasteiger partial charge in [0.1, 0.15) is 0 Å². The van der Waals surface area contributed by atoms with Gasteiger partial charge >= 0.3 is 5.97 Å². The van der Waals surface area contributed by atoms with Crippen LogP contribution in [0.4, 0.5) is 0 Å². The standard InChI is InChI=1S/C7H17N.C4H6O2/c1-4-7(8,5-2)6-3;1-3(2)4(5)6/h4-6,8H2,1-3H3;1H2,2H3,(H,5,6). The minimum Gasteiger partial charge on any atom is -0.478 e. The summed E-state index contributed by atoms with van der Waals surface area (Å²) in [6, 6.07) is 0. The molecule has 0 aromatic heterocycles. The summed E-state index contributed by atoms with van der Waals surface area (Å²) in [4.78, 5) is 9.60. The predicted molar refractivity (Wildman–Crippen MR) is 60.2 cm³/mol. The zero-order valence-corrected chi connectivity index (χ0v) is 9.76. The molecule has 0 aliphatic carbocycles. The molecule has 14 heavy (non-hydrogen) atoms. The van der Waals surface area contributed by atoms with Crippen LogP contribution in [0.3, 0.4) is 0 Å². The molecule has 0 heterocycles. The van der Waals surface area contributed by atoms with Crippen molar-refractivity contribution in [2.75, 3.05) is 0 Å². The third-order valence-electron chi connectivity index (χ3n) is 2.48. The molecule has 0 radical (unpaired) electrons. The Morgan fingerprint density at radius 2 is 1.50 bits per heavy atom. The molecular weight excluding hydrogens is 178 g/mol. The van der Waals surface area contributed by atoms with Crippen LogP contribution in [0.5, 0.6) is 0 Å². The summed E-state index contributed by atoms with van der Waals surface area (Å²) < 4.78 is 0. The second kappa shape index (κ2) is 7.56. The molecule has 0 unspecified atom stereocenters. The first-order chi connectivity index (χ1) is 6.32. The van der Waals surface area contributed by atoms with Crippen LogP contribution >= 0.6 is 0 Å². The second-order valence-electron chi connectivity index (χ2n) is 3.51. The molecule has 0 spiro atoms. The molecule has 0 saturated heterocycles. The van der Waals surface area contributed by atoms with E-state index in [0.717, 1.165) is 19.3 Å². The molecule has 0 aromatic rings. The Hall–Kier alpha value is -0.830. The van der Waals surface area contributed by atoms with E-state index >= 15 is 0 Å². The molecule has 0 atom stereocenters. The third kappa shape index (κ3) is 7.80. The summed E-state index contributed by atoms with van der Waals surface area (Å²) in [5, 5.41) is 7.89. The first-order valence-corrected chi connectivity index (χ1v) is 5.00. The van der Waals surface area contributed by atoms with E-state index in [4.69, 9.17) is 10.8 Å². The number of carboxylic acids is 1. The Balaban J connectivity index is 0. The molecule has 0 fully saturated rings. The number of carboxylic acid groups (broad SMARTS) is 1. The van der Waals surface area contributed by atoms with Crippen molar-refractivity contribution in [2.45, 2.75) is 52.5 Å². The highest BCUT2D eigenvalue weighted by atomic mass is 16.4.